The minimum Gasteiger partial charge on any atom is -0.307 e. The van der Waals surface area contributed by atoms with Crippen LogP contribution in [0.3, 0.4) is 0 Å². The molecule has 0 bridgehead atoms. The van der Waals surface area contributed by atoms with E-state index in [2.05, 4.69) is 229 Å². The van der Waals surface area contributed by atoms with Crippen LogP contribution in [0.4, 0.5) is 0 Å². The SMILES string of the molecule is c1ccc(-c2ccc(-c3nc(-c4ccc(-c5ccccc5)cc4)nc(-c4ccc(-c5ccc(-c6nc7ccccc7c7c8ccccc8n(-c8ccccc8)c67)cc5)cc4)n3)cc2)cc1. The first-order chi connectivity index (χ1) is 32.2. The summed E-state index contributed by atoms with van der Waals surface area (Å²) in [5.41, 5.74) is 15.9. The molecule has 0 radical (unpaired) electrons. The second-order valence-corrected chi connectivity index (χ2v) is 16.2. The van der Waals surface area contributed by atoms with Gasteiger partial charge in [0.25, 0.3) is 0 Å². The molecule has 0 aliphatic heterocycles. The van der Waals surface area contributed by atoms with E-state index in [1.807, 2.05) is 12.1 Å². The van der Waals surface area contributed by atoms with Gasteiger partial charge in [0.1, 0.15) is 0 Å². The first-order valence-electron chi connectivity index (χ1n) is 21.9. The van der Waals surface area contributed by atoms with Crippen molar-refractivity contribution in [2.45, 2.75) is 0 Å². The van der Waals surface area contributed by atoms with Gasteiger partial charge < -0.3 is 4.57 Å². The standard InChI is InChI=1S/C60H39N5/c1-4-14-40(15-5-1)42-26-34-47(35-27-42)58-62-59(48-36-28-43(29-37-48)41-16-6-2-7-17-41)64-60(63-58)49-38-30-45(31-39-49)44-24-32-46(33-25-44)56-57-55(51-20-10-12-22-53(51)61-56)52-21-11-13-23-54(52)65(57)50-18-8-3-9-19-50/h1-39H. The predicted molar refractivity (Wildman–Crippen MR) is 268 cm³/mol. The minimum absolute atomic E-state index is 0.617. The fraction of sp³-hybridized carbons (Fsp3) is 0. The zero-order chi connectivity index (χ0) is 43.1. The molecule has 65 heavy (non-hydrogen) atoms. The van der Waals surface area contributed by atoms with Crippen LogP contribution in [0.15, 0.2) is 237 Å². The Bertz CT molecular complexity index is 3540. The summed E-state index contributed by atoms with van der Waals surface area (Å²) in [6.07, 6.45) is 0. The molecule has 5 nitrogen and oxygen atoms in total. The van der Waals surface area contributed by atoms with Gasteiger partial charge in [0.05, 0.1) is 22.2 Å². The van der Waals surface area contributed by atoms with Crippen LogP contribution in [0, 0.1) is 0 Å². The van der Waals surface area contributed by atoms with E-state index < -0.39 is 0 Å². The van der Waals surface area contributed by atoms with Gasteiger partial charge in [-0.25, -0.2) is 19.9 Å². The number of aromatic nitrogens is 5. The van der Waals surface area contributed by atoms with Crippen molar-refractivity contribution in [1.82, 2.24) is 24.5 Å². The summed E-state index contributed by atoms with van der Waals surface area (Å²) in [6, 6.07) is 82.7. The van der Waals surface area contributed by atoms with Gasteiger partial charge in [0.2, 0.25) is 0 Å². The second kappa shape index (κ2) is 16.2. The lowest BCUT2D eigenvalue weighted by molar-refractivity contribution is 1.07. The maximum absolute atomic E-state index is 5.36. The zero-order valence-electron chi connectivity index (χ0n) is 35.3. The van der Waals surface area contributed by atoms with Crippen LogP contribution in [0.25, 0.3) is 117 Å². The summed E-state index contributed by atoms with van der Waals surface area (Å²) in [7, 11) is 0. The summed E-state index contributed by atoms with van der Waals surface area (Å²) >= 11 is 0. The van der Waals surface area contributed by atoms with Gasteiger partial charge in [-0.2, -0.15) is 0 Å². The molecule has 0 fully saturated rings. The topological polar surface area (TPSA) is 56.5 Å². The Morgan fingerprint density at radius 2 is 0.615 bits per heavy atom. The van der Waals surface area contributed by atoms with Gasteiger partial charge in [-0.15, -0.1) is 0 Å². The minimum atomic E-state index is 0.617. The van der Waals surface area contributed by atoms with Gasteiger partial charge >= 0.3 is 0 Å². The average Bonchev–Trinajstić information content (AvgIpc) is 3.75. The molecule has 0 unspecified atom stereocenters. The molecule has 0 spiro atoms. The number of fused-ring (bicyclic) bond motifs is 5. The normalized spacial score (nSPS) is 11.4. The zero-order valence-corrected chi connectivity index (χ0v) is 35.3. The number of rotatable bonds is 8. The van der Waals surface area contributed by atoms with E-state index in [0.717, 1.165) is 77.8 Å². The van der Waals surface area contributed by atoms with Crippen LogP contribution < -0.4 is 0 Å². The Kier molecular flexibility index (Phi) is 9.42. The fourth-order valence-electron chi connectivity index (χ4n) is 9.02. The third kappa shape index (κ3) is 7.02. The molecule has 0 N–H and O–H groups in total. The lowest BCUT2D eigenvalue weighted by Crippen LogP contribution is -2.00. The molecule has 0 aliphatic carbocycles. The number of hydrogen-bond acceptors (Lipinski definition) is 4. The lowest BCUT2D eigenvalue weighted by Gasteiger charge is -2.13. The molecule has 3 aromatic heterocycles. The van der Waals surface area contributed by atoms with Gasteiger partial charge in [0, 0.05) is 44.1 Å². The van der Waals surface area contributed by atoms with Crippen LogP contribution in [0.1, 0.15) is 0 Å². The van der Waals surface area contributed by atoms with Crippen LogP contribution in [0.5, 0.6) is 0 Å². The number of benzene rings is 9. The van der Waals surface area contributed by atoms with E-state index in [-0.39, 0.29) is 0 Å². The number of pyridine rings is 1. The van der Waals surface area contributed by atoms with Crippen molar-refractivity contribution in [3.8, 4) is 84.5 Å². The van der Waals surface area contributed by atoms with E-state index in [9.17, 15) is 0 Å². The maximum atomic E-state index is 5.36. The van der Waals surface area contributed by atoms with E-state index in [4.69, 9.17) is 19.9 Å². The van der Waals surface area contributed by atoms with E-state index in [1.54, 1.807) is 0 Å². The molecule has 3 heterocycles. The molecule has 0 atom stereocenters. The highest BCUT2D eigenvalue weighted by molar-refractivity contribution is 6.23. The number of nitrogens with zero attached hydrogens (tertiary/aromatic N) is 5. The molecule has 0 aliphatic rings. The fourth-order valence-corrected chi connectivity index (χ4v) is 9.02. The third-order valence-corrected chi connectivity index (χ3v) is 12.3. The highest BCUT2D eigenvalue weighted by Gasteiger charge is 2.21. The molecule has 0 saturated heterocycles. The van der Waals surface area contributed by atoms with Gasteiger partial charge in [0.15, 0.2) is 17.5 Å². The van der Waals surface area contributed by atoms with Gasteiger partial charge in [-0.1, -0.05) is 212 Å². The quantitative estimate of drug-likeness (QED) is 0.153. The Morgan fingerprint density at radius 1 is 0.262 bits per heavy atom. The van der Waals surface area contributed by atoms with E-state index in [1.165, 1.54) is 21.9 Å². The third-order valence-electron chi connectivity index (χ3n) is 12.3. The first kappa shape index (κ1) is 37.9. The summed E-state index contributed by atoms with van der Waals surface area (Å²) in [6.45, 7) is 0. The lowest BCUT2D eigenvalue weighted by atomic mass is 9.99. The Labute approximate surface area is 376 Å². The van der Waals surface area contributed by atoms with Gasteiger partial charge in [-0.3, -0.25) is 0 Å². The Balaban J connectivity index is 0.911. The molecular weight excluding hydrogens is 791 g/mol. The monoisotopic (exact) mass is 829 g/mol. The summed E-state index contributed by atoms with van der Waals surface area (Å²) in [4.78, 5) is 20.5. The number of para-hydroxylation sites is 3. The average molecular weight is 830 g/mol. The van der Waals surface area contributed by atoms with Crippen LogP contribution in [-0.4, -0.2) is 24.5 Å². The molecule has 12 rings (SSSR count). The van der Waals surface area contributed by atoms with Crippen molar-refractivity contribution < 1.29 is 0 Å². The second-order valence-electron chi connectivity index (χ2n) is 16.2. The molecule has 0 amide bonds. The molecule has 9 aromatic carbocycles. The highest BCUT2D eigenvalue weighted by atomic mass is 15.0. The Hall–Kier alpha value is -8.80. The smallest absolute Gasteiger partial charge is 0.164 e. The van der Waals surface area contributed by atoms with Crippen LogP contribution in [-0.2, 0) is 0 Å². The van der Waals surface area contributed by atoms with Gasteiger partial charge in [-0.05, 0) is 57.6 Å². The van der Waals surface area contributed by atoms with Crippen LogP contribution in [0.2, 0.25) is 0 Å². The summed E-state index contributed by atoms with van der Waals surface area (Å²) in [5.74, 6) is 1.87. The van der Waals surface area contributed by atoms with Crippen molar-refractivity contribution in [2.24, 2.45) is 0 Å². The largest absolute Gasteiger partial charge is 0.307 e. The molecule has 5 heteroatoms. The Morgan fingerprint density at radius 3 is 1.09 bits per heavy atom. The summed E-state index contributed by atoms with van der Waals surface area (Å²) in [5, 5.41) is 3.57. The van der Waals surface area contributed by atoms with Crippen molar-refractivity contribution in [2.75, 3.05) is 0 Å². The molecule has 304 valence electrons. The van der Waals surface area contributed by atoms with Crippen LogP contribution >= 0.6 is 0 Å². The molecule has 12 aromatic rings. The predicted octanol–water partition coefficient (Wildman–Crippen LogP) is 15.2. The van der Waals surface area contributed by atoms with Crippen molar-refractivity contribution in [1.29, 1.82) is 0 Å². The van der Waals surface area contributed by atoms with E-state index >= 15 is 0 Å². The van der Waals surface area contributed by atoms with Crippen molar-refractivity contribution >= 4 is 32.7 Å². The summed E-state index contributed by atoms with van der Waals surface area (Å²) < 4.78 is 2.36. The van der Waals surface area contributed by atoms with Crippen molar-refractivity contribution in [3.05, 3.63) is 237 Å². The first-order valence-corrected chi connectivity index (χ1v) is 21.9. The maximum Gasteiger partial charge on any atom is 0.164 e. The van der Waals surface area contributed by atoms with E-state index in [0.29, 0.717) is 17.5 Å². The van der Waals surface area contributed by atoms with Crippen molar-refractivity contribution in [3.63, 3.8) is 0 Å². The highest BCUT2D eigenvalue weighted by Crippen LogP contribution is 2.41. The number of hydrogen-bond donors (Lipinski definition) is 0. The molecule has 0 saturated carbocycles. The molecular formula is C60H39N5.